The van der Waals surface area contributed by atoms with Crippen molar-refractivity contribution in [2.45, 2.75) is 31.1 Å². The number of primary sulfonamides is 1. The topological polar surface area (TPSA) is 95.7 Å². The molecule has 26 heavy (non-hydrogen) atoms. The summed E-state index contributed by atoms with van der Waals surface area (Å²) in [6, 6.07) is 7.71. The summed E-state index contributed by atoms with van der Waals surface area (Å²) in [5, 5.41) is 5.04. The minimum absolute atomic E-state index is 0.0206. The average molecular weight is 396 g/mol. The molecule has 8 heteroatoms. The van der Waals surface area contributed by atoms with Crippen LogP contribution in [0.5, 0.6) is 5.75 Å². The summed E-state index contributed by atoms with van der Waals surface area (Å²) in [6.45, 7) is 2.53. The van der Waals surface area contributed by atoms with Gasteiger partial charge in [-0.1, -0.05) is 6.92 Å². The molecule has 1 aliphatic rings. The van der Waals surface area contributed by atoms with Crippen molar-refractivity contribution >= 4 is 27.3 Å². The number of hydrogen-bond donors (Lipinski definition) is 1. The number of carbonyl (C=O) groups is 1. The van der Waals surface area contributed by atoms with Crippen LogP contribution in [0.3, 0.4) is 0 Å². The van der Waals surface area contributed by atoms with E-state index in [1.807, 2.05) is 6.07 Å². The molecule has 2 aromatic rings. The molecule has 1 aromatic carbocycles. The fourth-order valence-corrected chi connectivity index (χ4v) is 4.51. The molecule has 0 spiro atoms. The maximum Gasteiger partial charge on any atom is 0.348 e. The average Bonchev–Trinajstić information content (AvgIpc) is 3.01. The van der Waals surface area contributed by atoms with Crippen molar-refractivity contribution in [1.29, 1.82) is 0 Å². The van der Waals surface area contributed by atoms with Crippen molar-refractivity contribution in [2.75, 3.05) is 13.2 Å². The lowest BCUT2D eigenvalue weighted by molar-refractivity contribution is 0.0456. The van der Waals surface area contributed by atoms with Gasteiger partial charge in [0.1, 0.15) is 23.8 Å². The molecule has 0 saturated heterocycles. The van der Waals surface area contributed by atoms with Crippen LogP contribution in [0.4, 0.5) is 0 Å². The molecule has 0 radical (unpaired) electrons. The number of ether oxygens (including phenoxy) is 2. The van der Waals surface area contributed by atoms with E-state index in [1.165, 1.54) is 52.5 Å². The van der Waals surface area contributed by atoms with Gasteiger partial charge in [-0.25, -0.2) is 18.4 Å². The molecule has 1 atom stereocenters. The summed E-state index contributed by atoms with van der Waals surface area (Å²) < 4.78 is 33.1. The number of esters is 1. The molecular weight excluding hydrogens is 374 g/mol. The molecule has 0 amide bonds. The van der Waals surface area contributed by atoms with Gasteiger partial charge in [-0.05, 0) is 61.1 Å². The number of sulfonamides is 1. The van der Waals surface area contributed by atoms with E-state index < -0.39 is 10.0 Å². The second kappa shape index (κ2) is 7.77. The number of nitrogens with two attached hydrogens (primary N) is 1. The highest BCUT2D eigenvalue weighted by Crippen LogP contribution is 2.32. The SMILES string of the molecule is C[C@@H]1CCc2sc(C(=O)OCCOc3ccc(S(N)(=O)=O)cc3)cc2C1. The largest absolute Gasteiger partial charge is 0.490 e. The third-order valence-electron chi connectivity index (χ3n) is 4.27. The molecule has 3 rings (SSSR count). The van der Waals surface area contributed by atoms with Crippen molar-refractivity contribution in [2.24, 2.45) is 11.1 Å². The number of fused-ring (bicyclic) bond motifs is 1. The zero-order valence-corrected chi connectivity index (χ0v) is 16.1. The number of aryl methyl sites for hydroxylation is 1. The highest BCUT2D eigenvalue weighted by Gasteiger charge is 2.21. The Labute approximate surface area is 157 Å². The van der Waals surface area contributed by atoms with Crippen LogP contribution in [0, 0.1) is 5.92 Å². The molecule has 6 nitrogen and oxygen atoms in total. The molecule has 1 aliphatic carbocycles. The van der Waals surface area contributed by atoms with Crippen molar-refractivity contribution < 1.29 is 22.7 Å². The van der Waals surface area contributed by atoms with Crippen molar-refractivity contribution in [3.05, 3.63) is 45.6 Å². The summed E-state index contributed by atoms with van der Waals surface area (Å²) in [4.78, 5) is 14.1. The first-order valence-corrected chi connectivity index (χ1v) is 10.7. The summed E-state index contributed by atoms with van der Waals surface area (Å²) >= 11 is 1.52. The molecule has 140 valence electrons. The van der Waals surface area contributed by atoms with Crippen molar-refractivity contribution in [3.63, 3.8) is 0 Å². The number of thiophene rings is 1. The maximum atomic E-state index is 12.2. The van der Waals surface area contributed by atoms with E-state index in [9.17, 15) is 13.2 Å². The first-order valence-electron chi connectivity index (χ1n) is 8.37. The number of carbonyl (C=O) groups excluding carboxylic acids is 1. The fourth-order valence-electron chi connectivity index (χ4n) is 2.90. The van der Waals surface area contributed by atoms with Gasteiger partial charge in [0.25, 0.3) is 0 Å². The monoisotopic (exact) mass is 395 g/mol. The Kier molecular flexibility index (Phi) is 5.64. The van der Waals surface area contributed by atoms with E-state index in [0.29, 0.717) is 16.5 Å². The summed E-state index contributed by atoms with van der Waals surface area (Å²) in [5.41, 5.74) is 1.27. The van der Waals surface area contributed by atoms with Crippen LogP contribution in [0.2, 0.25) is 0 Å². The Bertz CT molecular complexity index is 887. The zero-order valence-electron chi connectivity index (χ0n) is 14.4. The van der Waals surface area contributed by atoms with Gasteiger partial charge in [0.05, 0.1) is 4.90 Å². The van der Waals surface area contributed by atoms with Gasteiger partial charge < -0.3 is 9.47 Å². The van der Waals surface area contributed by atoms with Gasteiger partial charge in [0, 0.05) is 4.88 Å². The second-order valence-corrected chi connectivity index (χ2v) is 9.11. The lowest BCUT2D eigenvalue weighted by Crippen LogP contribution is -2.13. The predicted octanol–water partition coefficient (Wildman–Crippen LogP) is 2.76. The van der Waals surface area contributed by atoms with Crippen LogP contribution >= 0.6 is 11.3 Å². The molecule has 0 saturated carbocycles. The molecular formula is C18H21NO5S2. The molecule has 0 bridgehead atoms. The molecule has 0 unspecified atom stereocenters. The molecule has 0 fully saturated rings. The van der Waals surface area contributed by atoms with Gasteiger partial charge in [0.15, 0.2) is 0 Å². The van der Waals surface area contributed by atoms with Gasteiger partial charge in [-0.2, -0.15) is 0 Å². The van der Waals surface area contributed by atoms with Gasteiger partial charge in [0.2, 0.25) is 10.0 Å². The Morgan fingerprint density at radius 3 is 2.69 bits per heavy atom. The Morgan fingerprint density at radius 2 is 2.00 bits per heavy atom. The van der Waals surface area contributed by atoms with Gasteiger partial charge in [-0.3, -0.25) is 0 Å². The normalized spacial score (nSPS) is 16.8. The van der Waals surface area contributed by atoms with Crippen molar-refractivity contribution in [1.82, 2.24) is 0 Å². The first-order chi connectivity index (χ1) is 12.3. The highest BCUT2D eigenvalue weighted by molar-refractivity contribution is 7.89. The quantitative estimate of drug-likeness (QED) is 0.599. The minimum atomic E-state index is -3.72. The number of benzene rings is 1. The van der Waals surface area contributed by atoms with E-state index in [0.717, 1.165) is 12.8 Å². The molecule has 1 heterocycles. The van der Waals surface area contributed by atoms with Crippen LogP contribution in [0.1, 0.15) is 33.5 Å². The third-order valence-corrected chi connectivity index (χ3v) is 6.41. The summed E-state index contributed by atoms with van der Waals surface area (Å²) in [6.07, 6.45) is 3.23. The van der Waals surface area contributed by atoms with E-state index in [1.54, 1.807) is 0 Å². The lowest BCUT2D eigenvalue weighted by Gasteiger charge is -2.16. The summed E-state index contributed by atoms with van der Waals surface area (Å²) in [7, 11) is -3.72. The first kappa shape index (κ1) is 18.9. The summed E-state index contributed by atoms with van der Waals surface area (Å²) in [5.74, 6) is 0.814. The smallest absolute Gasteiger partial charge is 0.348 e. The van der Waals surface area contributed by atoms with Crippen LogP contribution in [0.25, 0.3) is 0 Å². The Balaban J connectivity index is 1.47. The zero-order chi connectivity index (χ0) is 18.7. The molecule has 2 N–H and O–H groups in total. The van der Waals surface area contributed by atoms with Crippen LogP contribution in [-0.4, -0.2) is 27.6 Å². The molecule has 1 aromatic heterocycles. The van der Waals surface area contributed by atoms with Crippen LogP contribution in [0.15, 0.2) is 35.2 Å². The van der Waals surface area contributed by atoms with Crippen molar-refractivity contribution in [3.8, 4) is 5.75 Å². The van der Waals surface area contributed by atoms with E-state index >= 15 is 0 Å². The predicted molar refractivity (Wildman–Crippen MR) is 99.1 cm³/mol. The number of rotatable bonds is 6. The number of hydrogen-bond acceptors (Lipinski definition) is 6. The van der Waals surface area contributed by atoms with Crippen LogP contribution < -0.4 is 9.88 Å². The van der Waals surface area contributed by atoms with Crippen LogP contribution in [-0.2, 0) is 27.6 Å². The van der Waals surface area contributed by atoms with Gasteiger partial charge >= 0.3 is 5.97 Å². The fraction of sp³-hybridized carbons (Fsp3) is 0.389. The molecule has 0 aliphatic heterocycles. The Hall–Kier alpha value is -1.90. The van der Waals surface area contributed by atoms with Gasteiger partial charge in [-0.15, -0.1) is 11.3 Å². The third kappa shape index (κ3) is 4.63. The lowest BCUT2D eigenvalue weighted by atomic mass is 9.90. The highest BCUT2D eigenvalue weighted by atomic mass is 32.2. The standard InChI is InChI=1S/C18H21NO5S2/c1-12-2-7-16-13(10-12)11-17(25-16)18(20)24-9-8-23-14-3-5-15(6-4-14)26(19,21)22/h3-6,11-12H,2,7-10H2,1H3,(H2,19,21,22)/t12-/m1/s1. The second-order valence-electron chi connectivity index (χ2n) is 6.41. The van der Waals surface area contributed by atoms with E-state index in [4.69, 9.17) is 14.6 Å². The van der Waals surface area contributed by atoms with E-state index in [-0.39, 0.29) is 24.1 Å². The maximum absolute atomic E-state index is 12.2. The Morgan fingerprint density at radius 1 is 1.27 bits per heavy atom. The minimum Gasteiger partial charge on any atom is -0.490 e. The van der Waals surface area contributed by atoms with E-state index in [2.05, 4.69) is 6.92 Å².